The molecule has 5 nitrogen and oxygen atoms in total. The summed E-state index contributed by atoms with van der Waals surface area (Å²) < 4.78 is 18.2. The van der Waals surface area contributed by atoms with Crippen molar-refractivity contribution in [2.24, 2.45) is 0 Å². The summed E-state index contributed by atoms with van der Waals surface area (Å²) in [6, 6.07) is 6.80. The van der Waals surface area contributed by atoms with E-state index < -0.39 is 0 Å². The maximum Gasteiger partial charge on any atom is 0.243 e. The van der Waals surface area contributed by atoms with Gasteiger partial charge in [-0.05, 0) is 38.1 Å². The lowest BCUT2D eigenvalue weighted by Crippen LogP contribution is -2.47. The highest BCUT2D eigenvalue weighted by atomic mass is 19.1. The van der Waals surface area contributed by atoms with E-state index in [1.807, 2.05) is 19.1 Å². The van der Waals surface area contributed by atoms with Crippen molar-refractivity contribution >= 4 is 5.69 Å². The summed E-state index contributed by atoms with van der Waals surface area (Å²) in [7, 11) is 0. The van der Waals surface area contributed by atoms with Gasteiger partial charge in [-0.15, -0.1) is 0 Å². The molecule has 1 aromatic heterocycles. The maximum absolute atomic E-state index is 13.0. The Morgan fingerprint density at radius 3 is 2.38 bits per heavy atom. The Morgan fingerprint density at radius 1 is 1.14 bits per heavy atom. The number of halogens is 1. The van der Waals surface area contributed by atoms with Crippen LogP contribution < -0.4 is 4.90 Å². The highest BCUT2D eigenvalue weighted by Gasteiger charge is 2.25. The molecule has 0 saturated carbocycles. The van der Waals surface area contributed by atoms with E-state index in [-0.39, 0.29) is 11.9 Å². The van der Waals surface area contributed by atoms with Crippen molar-refractivity contribution in [3.8, 4) is 0 Å². The minimum atomic E-state index is -0.197. The minimum Gasteiger partial charge on any atom is -0.369 e. The van der Waals surface area contributed by atoms with Gasteiger partial charge in [0.2, 0.25) is 5.89 Å². The molecule has 0 N–H and O–H groups in total. The van der Waals surface area contributed by atoms with Gasteiger partial charge in [-0.2, -0.15) is 4.98 Å². The van der Waals surface area contributed by atoms with E-state index in [1.165, 1.54) is 12.1 Å². The maximum atomic E-state index is 13.0. The Hall–Kier alpha value is -1.95. The van der Waals surface area contributed by atoms with Gasteiger partial charge in [0.05, 0.1) is 6.04 Å². The van der Waals surface area contributed by atoms with Crippen molar-refractivity contribution in [2.45, 2.75) is 19.9 Å². The summed E-state index contributed by atoms with van der Waals surface area (Å²) >= 11 is 0. The molecule has 1 unspecified atom stereocenters. The number of hydrogen-bond acceptors (Lipinski definition) is 5. The Labute approximate surface area is 123 Å². The van der Waals surface area contributed by atoms with Gasteiger partial charge in [-0.1, -0.05) is 5.16 Å². The predicted molar refractivity (Wildman–Crippen MR) is 77.6 cm³/mol. The third-order valence-electron chi connectivity index (χ3n) is 3.95. The standard InChI is InChI=1S/C15H19FN4O/c1-11(15-17-12(2)18-21-15)19-7-9-20(10-8-19)14-5-3-13(16)4-6-14/h3-6,11H,7-10H2,1-2H3. The average Bonchev–Trinajstić information content (AvgIpc) is 2.94. The van der Waals surface area contributed by atoms with Crippen molar-refractivity contribution in [1.82, 2.24) is 15.0 Å². The van der Waals surface area contributed by atoms with E-state index in [2.05, 4.69) is 26.9 Å². The van der Waals surface area contributed by atoms with Crippen molar-refractivity contribution in [2.75, 3.05) is 31.1 Å². The summed E-state index contributed by atoms with van der Waals surface area (Å²) in [6.07, 6.45) is 0. The molecule has 1 saturated heterocycles. The third-order valence-corrected chi connectivity index (χ3v) is 3.95. The van der Waals surface area contributed by atoms with E-state index in [4.69, 9.17) is 4.52 Å². The van der Waals surface area contributed by atoms with Crippen LogP contribution in [0.5, 0.6) is 0 Å². The molecule has 0 amide bonds. The van der Waals surface area contributed by atoms with Gasteiger partial charge in [-0.3, -0.25) is 4.90 Å². The van der Waals surface area contributed by atoms with Gasteiger partial charge in [0.15, 0.2) is 5.82 Å². The number of nitrogens with zero attached hydrogens (tertiary/aromatic N) is 4. The second kappa shape index (κ2) is 5.81. The first-order valence-corrected chi connectivity index (χ1v) is 7.18. The zero-order valence-corrected chi connectivity index (χ0v) is 12.3. The average molecular weight is 290 g/mol. The fourth-order valence-electron chi connectivity index (χ4n) is 2.66. The van der Waals surface area contributed by atoms with Crippen LogP contribution >= 0.6 is 0 Å². The Kier molecular flexibility index (Phi) is 3.88. The fraction of sp³-hybridized carbons (Fsp3) is 0.467. The van der Waals surface area contributed by atoms with E-state index in [0.717, 1.165) is 31.9 Å². The molecule has 0 radical (unpaired) electrons. The Bertz CT molecular complexity index is 590. The van der Waals surface area contributed by atoms with Crippen molar-refractivity contribution < 1.29 is 8.91 Å². The number of benzene rings is 1. The molecule has 3 rings (SSSR count). The van der Waals surface area contributed by atoms with E-state index in [9.17, 15) is 4.39 Å². The Morgan fingerprint density at radius 2 is 1.81 bits per heavy atom. The first-order chi connectivity index (χ1) is 10.1. The molecule has 6 heteroatoms. The molecular formula is C15H19FN4O. The van der Waals surface area contributed by atoms with E-state index >= 15 is 0 Å². The van der Waals surface area contributed by atoms with Gasteiger partial charge in [-0.25, -0.2) is 4.39 Å². The van der Waals surface area contributed by atoms with Crippen LogP contribution in [-0.4, -0.2) is 41.2 Å². The topological polar surface area (TPSA) is 45.4 Å². The Balaban J connectivity index is 1.61. The van der Waals surface area contributed by atoms with E-state index in [1.54, 1.807) is 0 Å². The smallest absolute Gasteiger partial charge is 0.243 e. The van der Waals surface area contributed by atoms with Crippen molar-refractivity contribution in [3.05, 3.63) is 41.8 Å². The van der Waals surface area contributed by atoms with Gasteiger partial charge in [0.25, 0.3) is 0 Å². The number of rotatable bonds is 3. The molecule has 1 fully saturated rings. The lowest BCUT2D eigenvalue weighted by Gasteiger charge is -2.38. The second-order valence-electron chi connectivity index (χ2n) is 5.36. The number of aryl methyl sites for hydroxylation is 1. The fourth-order valence-corrected chi connectivity index (χ4v) is 2.66. The molecule has 1 aliphatic rings. The first-order valence-electron chi connectivity index (χ1n) is 7.18. The second-order valence-corrected chi connectivity index (χ2v) is 5.36. The number of hydrogen-bond donors (Lipinski definition) is 0. The molecule has 1 aromatic carbocycles. The highest BCUT2D eigenvalue weighted by Crippen LogP contribution is 2.22. The van der Waals surface area contributed by atoms with Crippen LogP contribution in [0.15, 0.2) is 28.8 Å². The van der Waals surface area contributed by atoms with E-state index in [0.29, 0.717) is 11.7 Å². The number of piperazine rings is 1. The van der Waals surface area contributed by atoms with Crippen LogP contribution in [0.1, 0.15) is 24.7 Å². The molecule has 112 valence electrons. The molecular weight excluding hydrogens is 271 g/mol. The summed E-state index contributed by atoms with van der Waals surface area (Å²) in [5.74, 6) is 1.14. The normalized spacial score (nSPS) is 18.0. The quantitative estimate of drug-likeness (QED) is 0.868. The predicted octanol–water partition coefficient (Wildman–Crippen LogP) is 2.40. The SMILES string of the molecule is Cc1noc(C(C)N2CCN(c3ccc(F)cc3)CC2)n1. The molecule has 2 heterocycles. The molecule has 2 aromatic rings. The molecule has 0 spiro atoms. The first kappa shape index (κ1) is 14.0. The summed E-state index contributed by atoms with van der Waals surface area (Å²) in [5.41, 5.74) is 1.07. The van der Waals surface area contributed by atoms with Crippen LogP contribution in [0.4, 0.5) is 10.1 Å². The molecule has 1 aliphatic heterocycles. The van der Waals surface area contributed by atoms with Crippen LogP contribution in [0, 0.1) is 12.7 Å². The monoisotopic (exact) mass is 290 g/mol. The number of anilines is 1. The summed E-state index contributed by atoms with van der Waals surface area (Å²) in [4.78, 5) is 8.89. The molecule has 1 atom stereocenters. The molecule has 21 heavy (non-hydrogen) atoms. The van der Waals surface area contributed by atoms with Gasteiger partial charge in [0.1, 0.15) is 5.82 Å². The lowest BCUT2D eigenvalue weighted by molar-refractivity contribution is 0.164. The molecule has 0 aliphatic carbocycles. The summed E-state index contributed by atoms with van der Waals surface area (Å²) in [6.45, 7) is 7.55. The zero-order valence-electron chi connectivity index (χ0n) is 12.3. The highest BCUT2D eigenvalue weighted by molar-refractivity contribution is 5.46. The van der Waals surface area contributed by atoms with Gasteiger partial charge >= 0.3 is 0 Å². The summed E-state index contributed by atoms with van der Waals surface area (Å²) in [5, 5.41) is 3.84. The molecule has 0 bridgehead atoms. The minimum absolute atomic E-state index is 0.126. The zero-order chi connectivity index (χ0) is 14.8. The van der Waals surface area contributed by atoms with Gasteiger partial charge in [0, 0.05) is 31.9 Å². The third kappa shape index (κ3) is 3.05. The van der Waals surface area contributed by atoms with Crippen molar-refractivity contribution in [3.63, 3.8) is 0 Å². The van der Waals surface area contributed by atoms with Crippen LogP contribution in [0.3, 0.4) is 0 Å². The van der Waals surface area contributed by atoms with Gasteiger partial charge < -0.3 is 9.42 Å². The lowest BCUT2D eigenvalue weighted by atomic mass is 10.2. The van der Waals surface area contributed by atoms with Crippen LogP contribution in [0.2, 0.25) is 0 Å². The number of aromatic nitrogens is 2. The van der Waals surface area contributed by atoms with Crippen LogP contribution in [-0.2, 0) is 0 Å². The van der Waals surface area contributed by atoms with Crippen LogP contribution in [0.25, 0.3) is 0 Å². The van der Waals surface area contributed by atoms with Crippen molar-refractivity contribution in [1.29, 1.82) is 0 Å². The largest absolute Gasteiger partial charge is 0.369 e.